The van der Waals surface area contributed by atoms with Crippen LogP contribution in [0.15, 0.2) is 24.3 Å². The smallest absolute Gasteiger partial charge is 0.215 e. The molecule has 15 heavy (non-hydrogen) atoms. The zero-order valence-corrected chi connectivity index (χ0v) is 9.53. The van der Waals surface area contributed by atoms with Crippen LogP contribution in [0.4, 0.5) is 5.69 Å². The summed E-state index contributed by atoms with van der Waals surface area (Å²) in [7, 11) is -1.83. The van der Waals surface area contributed by atoms with Crippen molar-refractivity contribution in [2.45, 2.75) is 12.2 Å². The average Bonchev–Trinajstić information content (AvgIpc) is 2.15. The largest absolute Gasteiger partial charge is 0.314 e. The molecule has 0 saturated heterocycles. The standard InChI is InChI=1S/C9H15N3O2S/c1-7(15(11,13)14)8-3-5-9(6-4-8)12(2)10/h3-7H,10H2,1-2H3,(H2,11,13,14)/t7-/m0/s1. The van der Waals surface area contributed by atoms with Gasteiger partial charge in [0, 0.05) is 7.05 Å². The van der Waals surface area contributed by atoms with E-state index in [1.54, 1.807) is 38.2 Å². The molecule has 1 atom stereocenters. The first kappa shape index (κ1) is 12.0. The fourth-order valence-corrected chi connectivity index (χ4v) is 1.71. The average molecular weight is 229 g/mol. The zero-order chi connectivity index (χ0) is 11.6. The SMILES string of the molecule is C[C@@H](c1ccc(N(C)N)cc1)S(N)(=O)=O. The van der Waals surface area contributed by atoms with Gasteiger partial charge in [-0.2, -0.15) is 0 Å². The zero-order valence-electron chi connectivity index (χ0n) is 8.71. The van der Waals surface area contributed by atoms with E-state index in [9.17, 15) is 8.42 Å². The minimum absolute atomic E-state index is 0.656. The van der Waals surface area contributed by atoms with E-state index in [4.69, 9.17) is 11.0 Å². The van der Waals surface area contributed by atoms with Gasteiger partial charge >= 0.3 is 0 Å². The Morgan fingerprint density at radius 1 is 1.27 bits per heavy atom. The molecule has 0 heterocycles. The van der Waals surface area contributed by atoms with Crippen molar-refractivity contribution in [1.29, 1.82) is 0 Å². The van der Waals surface area contributed by atoms with Gasteiger partial charge in [0.25, 0.3) is 0 Å². The van der Waals surface area contributed by atoms with E-state index in [0.29, 0.717) is 5.56 Å². The van der Waals surface area contributed by atoms with Crippen molar-refractivity contribution in [1.82, 2.24) is 0 Å². The van der Waals surface area contributed by atoms with Crippen molar-refractivity contribution >= 4 is 15.7 Å². The number of sulfonamides is 1. The number of rotatable bonds is 3. The first-order chi connectivity index (χ1) is 6.82. The second-order valence-electron chi connectivity index (χ2n) is 3.43. The molecule has 0 spiro atoms. The highest BCUT2D eigenvalue weighted by molar-refractivity contribution is 7.89. The van der Waals surface area contributed by atoms with Gasteiger partial charge in [-0.3, -0.25) is 0 Å². The van der Waals surface area contributed by atoms with Crippen molar-refractivity contribution < 1.29 is 8.42 Å². The summed E-state index contributed by atoms with van der Waals surface area (Å²) in [6, 6.07) is 6.90. The number of primary sulfonamides is 1. The molecule has 4 N–H and O–H groups in total. The van der Waals surface area contributed by atoms with E-state index in [1.165, 1.54) is 5.01 Å². The van der Waals surface area contributed by atoms with Crippen molar-refractivity contribution in [2.24, 2.45) is 11.0 Å². The molecule has 1 aromatic carbocycles. The van der Waals surface area contributed by atoms with Crippen LogP contribution >= 0.6 is 0 Å². The molecular weight excluding hydrogens is 214 g/mol. The minimum Gasteiger partial charge on any atom is -0.314 e. The summed E-state index contributed by atoms with van der Waals surface area (Å²) < 4.78 is 22.2. The molecular formula is C9H15N3O2S. The first-order valence-electron chi connectivity index (χ1n) is 4.42. The van der Waals surface area contributed by atoms with Crippen LogP contribution in [0, 0.1) is 0 Å². The Balaban J connectivity index is 3.00. The predicted molar refractivity (Wildman–Crippen MR) is 60.6 cm³/mol. The number of anilines is 1. The monoisotopic (exact) mass is 229 g/mol. The van der Waals surface area contributed by atoms with Gasteiger partial charge in [-0.1, -0.05) is 12.1 Å². The Morgan fingerprint density at radius 3 is 2.07 bits per heavy atom. The highest BCUT2D eigenvalue weighted by atomic mass is 32.2. The molecule has 0 aliphatic rings. The van der Waals surface area contributed by atoms with Crippen LogP contribution in [-0.4, -0.2) is 15.5 Å². The topological polar surface area (TPSA) is 89.4 Å². The van der Waals surface area contributed by atoms with Crippen LogP contribution in [0.3, 0.4) is 0 Å². The molecule has 0 unspecified atom stereocenters. The number of hydrazine groups is 1. The molecule has 0 aliphatic carbocycles. The molecule has 0 saturated carbocycles. The molecule has 6 heteroatoms. The molecule has 0 amide bonds. The van der Waals surface area contributed by atoms with Crippen LogP contribution < -0.4 is 16.0 Å². The van der Waals surface area contributed by atoms with Gasteiger partial charge in [-0.05, 0) is 24.6 Å². The highest BCUT2D eigenvalue weighted by Crippen LogP contribution is 2.21. The van der Waals surface area contributed by atoms with E-state index >= 15 is 0 Å². The van der Waals surface area contributed by atoms with Gasteiger partial charge in [0.15, 0.2) is 0 Å². The van der Waals surface area contributed by atoms with E-state index in [-0.39, 0.29) is 0 Å². The maximum absolute atomic E-state index is 11.1. The van der Waals surface area contributed by atoms with Crippen LogP contribution in [0.1, 0.15) is 17.7 Å². The van der Waals surface area contributed by atoms with Gasteiger partial charge in [0.2, 0.25) is 10.0 Å². The minimum atomic E-state index is -3.53. The summed E-state index contributed by atoms with van der Waals surface area (Å²) in [6.45, 7) is 1.55. The van der Waals surface area contributed by atoms with Crippen molar-refractivity contribution in [3.63, 3.8) is 0 Å². The van der Waals surface area contributed by atoms with Crippen molar-refractivity contribution in [2.75, 3.05) is 12.1 Å². The maximum atomic E-state index is 11.1. The van der Waals surface area contributed by atoms with Gasteiger partial charge in [-0.25, -0.2) is 19.4 Å². The van der Waals surface area contributed by atoms with Gasteiger partial charge in [0.05, 0.1) is 10.9 Å². The van der Waals surface area contributed by atoms with Crippen molar-refractivity contribution in [3.05, 3.63) is 29.8 Å². The highest BCUT2D eigenvalue weighted by Gasteiger charge is 2.17. The molecule has 0 radical (unpaired) electrons. The number of benzene rings is 1. The van der Waals surface area contributed by atoms with Crippen LogP contribution in [0.5, 0.6) is 0 Å². The van der Waals surface area contributed by atoms with Gasteiger partial charge in [-0.15, -0.1) is 0 Å². The van der Waals surface area contributed by atoms with E-state index < -0.39 is 15.3 Å². The molecule has 84 valence electrons. The first-order valence-corrected chi connectivity index (χ1v) is 6.03. The lowest BCUT2D eigenvalue weighted by molar-refractivity contribution is 0.588. The summed E-state index contributed by atoms with van der Waals surface area (Å²) in [5.74, 6) is 5.52. The summed E-state index contributed by atoms with van der Waals surface area (Å²) in [5, 5.41) is 5.80. The van der Waals surface area contributed by atoms with Crippen molar-refractivity contribution in [3.8, 4) is 0 Å². The normalized spacial score (nSPS) is 13.6. The number of nitrogens with zero attached hydrogens (tertiary/aromatic N) is 1. The fraction of sp³-hybridized carbons (Fsp3) is 0.333. The maximum Gasteiger partial charge on any atom is 0.215 e. The summed E-state index contributed by atoms with van der Waals surface area (Å²) in [6.07, 6.45) is 0. The third kappa shape index (κ3) is 2.92. The third-order valence-electron chi connectivity index (χ3n) is 2.26. The lowest BCUT2D eigenvalue weighted by Gasteiger charge is -2.14. The Kier molecular flexibility index (Phi) is 3.33. The molecule has 1 rings (SSSR count). The quantitative estimate of drug-likeness (QED) is 0.578. The molecule has 0 bridgehead atoms. The fourth-order valence-electron chi connectivity index (χ4n) is 1.17. The number of hydrogen-bond acceptors (Lipinski definition) is 4. The van der Waals surface area contributed by atoms with Crippen LogP contribution in [0.25, 0.3) is 0 Å². The predicted octanol–water partition coefficient (Wildman–Crippen LogP) is 0.346. The molecule has 5 nitrogen and oxygen atoms in total. The molecule has 1 aromatic rings. The molecule has 0 aromatic heterocycles. The van der Waals surface area contributed by atoms with E-state index in [1.807, 2.05) is 0 Å². The summed E-state index contributed by atoms with van der Waals surface area (Å²) in [4.78, 5) is 0. The van der Waals surface area contributed by atoms with Crippen LogP contribution in [0.2, 0.25) is 0 Å². The number of nitrogens with two attached hydrogens (primary N) is 2. The van der Waals surface area contributed by atoms with E-state index in [2.05, 4.69) is 0 Å². The van der Waals surface area contributed by atoms with E-state index in [0.717, 1.165) is 5.69 Å². The Bertz CT molecular complexity index is 425. The Hall–Kier alpha value is -1.11. The lowest BCUT2D eigenvalue weighted by Crippen LogP contribution is -2.25. The second-order valence-corrected chi connectivity index (χ2v) is 5.32. The van der Waals surface area contributed by atoms with Gasteiger partial charge in [0.1, 0.15) is 0 Å². The number of hydrogen-bond donors (Lipinski definition) is 2. The van der Waals surface area contributed by atoms with Crippen LogP contribution in [-0.2, 0) is 10.0 Å². The summed E-state index contributed by atoms with van der Waals surface area (Å²) >= 11 is 0. The molecule has 0 aliphatic heterocycles. The Labute approximate surface area is 89.7 Å². The third-order valence-corrected chi connectivity index (χ3v) is 3.52. The second kappa shape index (κ2) is 4.18. The van der Waals surface area contributed by atoms with Gasteiger partial charge < -0.3 is 5.01 Å². The summed E-state index contributed by atoms with van der Waals surface area (Å²) in [5.41, 5.74) is 1.46. The Morgan fingerprint density at radius 2 is 1.73 bits per heavy atom. The lowest BCUT2D eigenvalue weighted by atomic mass is 10.1. The molecule has 0 fully saturated rings.